The van der Waals surface area contributed by atoms with Crippen molar-refractivity contribution in [2.75, 3.05) is 0 Å². The van der Waals surface area contributed by atoms with Crippen molar-refractivity contribution >= 4 is 11.6 Å². The molecule has 0 aliphatic carbocycles. The van der Waals surface area contributed by atoms with Crippen molar-refractivity contribution in [1.29, 1.82) is 0 Å². The van der Waals surface area contributed by atoms with Crippen LogP contribution in [0.3, 0.4) is 0 Å². The van der Waals surface area contributed by atoms with Crippen LogP contribution < -0.4 is 11.1 Å². The van der Waals surface area contributed by atoms with Gasteiger partial charge in [-0.2, -0.15) is 0 Å². The Kier molecular flexibility index (Phi) is 1.48. The lowest BCUT2D eigenvalue weighted by atomic mass is 10.3. The predicted octanol–water partition coefficient (Wildman–Crippen LogP) is -0.169. The summed E-state index contributed by atoms with van der Waals surface area (Å²) >= 11 is 5.49. The summed E-state index contributed by atoms with van der Waals surface area (Å²) < 4.78 is 0. The van der Waals surface area contributed by atoms with E-state index in [0.717, 1.165) is 0 Å². The van der Waals surface area contributed by atoms with E-state index in [2.05, 4.69) is 5.32 Å². The van der Waals surface area contributed by atoms with Crippen LogP contribution in [-0.4, -0.2) is 11.0 Å². The molecule has 9 heavy (non-hydrogen) atoms. The number of allylic oxidation sites excluding steroid dienone is 2. The van der Waals surface area contributed by atoms with Crippen LogP contribution in [0.25, 0.3) is 0 Å². The second-order valence-corrected chi connectivity index (χ2v) is 2.27. The molecule has 1 heterocycles. The zero-order chi connectivity index (χ0) is 6.91. The lowest BCUT2D eigenvalue weighted by Gasteiger charge is -2.21. The van der Waals surface area contributed by atoms with Crippen molar-refractivity contribution in [2.45, 2.75) is 5.85 Å². The molecule has 1 atom stereocenters. The molecule has 0 aromatic heterocycles. The van der Waals surface area contributed by atoms with Gasteiger partial charge in [0.05, 0.1) is 5.03 Å². The summed E-state index contributed by atoms with van der Waals surface area (Å²) in [6, 6.07) is 0. The fraction of sp³-hybridized carbons (Fsp3) is 0.200. The van der Waals surface area contributed by atoms with Crippen molar-refractivity contribution in [1.82, 2.24) is 5.32 Å². The molecule has 1 aliphatic heterocycles. The number of nitrogens with one attached hydrogen (secondary N) is 1. The number of aliphatic hydroxyl groups is 1. The van der Waals surface area contributed by atoms with Crippen LogP contribution in [0, 0.1) is 0 Å². The minimum Gasteiger partial charge on any atom is -0.355 e. The maximum Gasteiger partial charge on any atom is 0.210 e. The summed E-state index contributed by atoms with van der Waals surface area (Å²) in [7, 11) is 0. The Labute approximate surface area is 57.8 Å². The third kappa shape index (κ3) is 1.71. The van der Waals surface area contributed by atoms with Crippen LogP contribution in [0.15, 0.2) is 23.4 Å². The first-order valence-electron chi connectivity index (χ1n) is 2.44. The van der Waals surface area contributed by atoms with E-state index in [0.29, 0.717) is 5.03 Å². The highest BCUT2D eigenvalue weighted by Gasteiger charge is 2.16. The third-order valence-corrected chi connectivity index (χ3v) is 1.17. The summed E-state index contributed by atoms with van der Waals surface area (Å²) in [5.41, 5.74) is 5.19. The number of halogens is 1. The van der Waals surface area contributed by atoms with Crippen LogP contribution >= 0.6 is 11.6 Å². The fourth-order valence-corrected chi connectivity index (χ4v) is 0.605. The van der Waals surface area contributed by atoms with Gasteiger partial charge in [0.1, 0.15) is 0 Å². The van der Waals surface area contributed by atoms with E-state index in [9.17, 15) is 0 Å². The van der Waals surface area contributed by atoms with Gasteiger partial charge >= 0.3 is 0 Å². The smallest absolute Gasteiger partial charge is 0.210 e. The zero-order valence-corrected chi connectivity index (χ0v) is 5.39. The zero-order valence-electron chi connectivity index (χ0n) is 4.63. The highest BCUT2D eigenvalue weighted by atomic mass is 35.5. The van der Waals surface area contributed by atoms with Gasteiger partial charge in [0.2, 0.25) is 5.85 Å². The summed E-state index contributed by atoms with van der Waals surface area (Å²) in [4.78, 5) is 0. The lowest BCUT2D eigenvalue weighted by Crippen LogP contribution is -2.50. The molecule has 0 fully saturated rings. The van der Waals surface area contributed by atoms with Crippen LogP contribution in [0.5, 0.6) is 0 Å². The topological polar surface area (TPSA) is 58.3 Å². The molecule has 1 rings (SSSR count). The fourth-order valence-electron chi connectivity index (χ4n) is 0.487. The first-order chi connectivity index (χ1) is 4.10. The molecular formula is C5H7ClN2O. The Morgan fingerprint density at radius 3 is 2.78 bits per heavy atom. The van der Waals surface area contributed by atoms with Crippen molar-refractivity contribution < 1.29 is 5.11 Å². The molecule has 0 radical (unpaired) electrons. The van der Waals surface area contributed by atoms with Gasteiger partial charge in [-0.05, 0) is 12.2 Å². The predicted molar refractivity (Wildman–Crippen MR) is 35.3 cm³/mol. The van der Waals surface area contributed by atoms with E-state index in [-0.39, 0.29) is 0 Å². The first-order valence-corrected chi connectivity index (χ1v) is 2.82. The molecule has 0 bridgehead atoms. The van der Waals surface area contributed by atoms with Gasteiger partial charge in [0.15, 0.2) is 0 Å². The van der Waals surface area contributed by atoms with Crippen LogP contribution in [0.4, 0.5) is 0 Å². The maximum atomic E-state index is 8.97. The summed E-state index contributed by atoms with van der Waals surface area (Å²) in [5, 5.41) is 11.9. The van der Waals surface area contributed by atoms with E-state index in [1.54, 1.807) is 0 Å². The van der Waals surface area contributed by atoms with E-state index in [4.69, 9.17) is 22.4 Å². The molecule has 1 unspecified atom stereocenters. The SMILES string of the molecule is NC1(O)C=CC(Cl)=CN1. The molecule has 0 saturated heterocycles. The van der Waals surface area contributed by atoms with E-state index >= 15 is 0 Å². The number of hydrogen-bond donors (Lipinski definition) is 3. The molecule has 3 nitrogen and oxygen atoms in total. The summed E-state index contributed by atoms with van der Waals surface area (Å²) in [5.74, 6) is -1.43. The van der Waals surface area contributed by atoms with Gasteiger partial charge in [-0.3, -0.25) is 5.73 Å². The normalized spacial score (nSPS) is 33.4. The number of hydrogen-bond acceptors (Lipinski definition) is 3. The van der Waals surface area contributed by atoms with Crippen LogP contribution in [0.1, 0.15) is 0 Å². The minimum absolute atomic E-state index is 0.519. The monoisotopic (exact) mass is 146 g/mol. The highest BCUT2D eigenvalue weighted by Crippen LogP contribution is 2.09. The standard InChI is InChI=1S/C5H7ClN2O/c6-4-1-2-5(7,9)8-3-4/h1-3,8-9H,7H2. The number of nitrogens with two attached hydrogens (primary N) is 1. The Bertz CT molecular complexity index is 174. The minimum atomic E-state index is -1.43. The molecule has 0 spiro atoms. The molecule has 4 heteroatoms. The van der Waals surface area contributed by atoms with Crippen molar-refractivity contribution in [3.05, 3.63) is 23.4 Å². The first kappa shape index (κ1) is 6.61. The van der Waals surface area contributed by atoms with E-state index in [1.165, 1.54) is 18.4 Å². The van der Waals surface area contributed by atoms with Crippen molar-refractivity contribution in [3.63, 3.8) is 0 Å². The van der Waals surface area contributed by atoms with Crippen LogP contribution in [0.2, 0.25) is 0 Å². The van der Waals surface area contributed by atoms with E-state index < -0.39 is 5.85 Å². The lowest BCUT2D eigenvalue weighted by molar-refractivity contribution is 0.0748. The second kappa shape index (κ2) is 2.02. The molecule has 0 aromatic carbocycles. The van der Waals surface area contributed by atoms with Gasteiger partial charge in [-0.15, -0.1) is 0 Å². The second-order valence-electron chi connectivity index (χ2n) is 1.83. The van der Waals surface area contributed by atoms with Crippen molar-refractivity contribution in [2.24, 2.45) is 5.73 Å². The van der Waals surface area contributed by atoms with Gasteiger partial charge in [0.25, 0.3) is 0 Å². The van der Waals surface area contributed by atoms with Gasteiger partial charge < -0.3 is 10.4 Å². The van der Waals surface area contributed by atoms with Gasteiger partial charge in [-0.25, -0.2) is 0 Å². The Morgan fingerprint density at radius 1 is 1.78 bits per heavy atom. The van der Waals surface area contributed by atoms with E-state index in [1.807, 2.05) is 0 Å². The van der Waals surface area contributed by atoms with Gasteiger partial charge in [0, 0.05) is 6.20 Å². The molecule has 0 saturated carbocycles. The summed E-state index contributed by atoms with van der Waals surface area (Å²) in [6.07, 6.45) is 4.33. The number of rotatable bonds is 0. The number of dihydropyridines is 1. The Balaban J connectivity index is 2.70. The molecule has 0 aromatic rings. The molecule has 1 aliphatic rings. The average molecular weight is 147 g/mol. The average Bonchev–Trinajstić information content (AvgIpc) is 1.78. The van der Waals surface area contributed by atoms with Crippen molar-refractivity contribution in [3.8, 4) is 0 Å². The maximum absolute atomic E-state index is 8.97. The van der Waals surface area contributed by atoms with Crippen LogP contribution in [-0.2, 0) is 0 Å². The third-order valence-electron chi connectivity index (χ3n) is 0.938. The highest BCUT2D eigenvalue weighted by molar-refractivity contribution is 6.31. The molecule has 4 N–H and O–H groups in total. The van der Waals surface area contributed by atoms with Gasteiger partial charge in [-0.1, -0.05) is 11.6 Å². The molecule has 50 valence electrons. The molecular weight excluding hydrogens is 140 g/mol. The molecule has 0 amide bonds. The Morgan fingerprint density at radius 2 is 2.44 bits per heavy atom. The quantitative estimate of drug-likeness (QED) is 0.416. The summed E-state index contributed by atoms with van der Waals surface area (Å²) in [6.45, 7) is 0. The Hall–Kier alpha value is -0.510. The largest absolute Gasteiger partial charge is 0.355 e.